The van der Waals surface area contributed by atoms with Crippen LogP contribution in [-0.2, 0) is 28.6 Å². The number of esters is 3. The zero-order chi connectivity index (χ0) is 55.7. The maximum Gasteiger partial charge on any atom is 0.306 e. The minimum absolute atomic E-state index is 0.0966. The Balaban J connectivity index is 4.30. The van der Waals surface area contributed by atoms with Gasteiger partial charge in [0.25, 0.3) is 0 Å². The molecule has 0 rings (SSSR count). The van der Waals surface area contributed by atoms with E-state index in [-0.39, 0.29) is 37.5 Å². The molecule has 0 aliphatic heterocycles. The lowest BCUT2D eigenvalue weighted by atomic mass is 10.0. The van der Waals surface area contributed by atoms with Crippen molar-refractivity contribution in [2.45, 2.75) is 335 Å². The largest absolute Gasteiger partial charge is 0.462 e. The molecule has 77 heavy (non-hydrogen) atoms. The average Bonchev–Trinajstić information content (AvgIpc) is 3.43. The summed E-state index contributed by atoms with van der Waals surface area (Å²) < 4.78 is 16.9. The molecule has 0 fully saturated rings. The molecule has 0 bridgehead atoms. The lowest BCUT2D eigenvalue weighted by Gasteiger charge is -2.18. The van der Waals surface area contributed by atoms with Crippen LogP contribution >= 0.6 is 0 Å². The van der Waals surface area contributed by atoms with Gasteiger partial charge in [-0.3, -0.25) is 14.4 Å². The molecule has 0 amide bonds. The van der Waals surface area contributed by atoms with Crippen molar-refractivity contribution in [3.63, 3.8) is 0 Å². The number of ether oxygens (including phenoxy) is 3. The van der Waals surface area contributed by atoms with Gasteiger partial charge in [-0.1, -0.05) is 311 Å². The van der Waals surface area contributed by atoms with Gasteiger partial charge in [-0.25, -0.2) is 0 Å². The minimum Gasteiger partial charge on any atom is -0.462 e. The Morgan fingerprint density at radius 3 is 0.870 bits per heavy atom. The van der Waals surface area contributed by atoms with Gasteiger partial charge in [0.15, 0.2) is 6.10 Å². The second-order valence-electron chi connectivity index (χ2n) is 22.0. The summed E-state index contributed by atoms with van der Waals surface area (Å²) in [5.41, 5.74) is 0. The SMILES string of the molecule is CC/C=C\C/C=C\C/C=C\C/C=C\CCC(=O)OCC(COC(=O)CCCCCCCCCCCCCC/C=C\C/C=C\C/C=C\CCCCCCC)OC(=O)CCCCCCCCCCCCCCCCCCCCC. The van der Waals surface area contributed by atoms with Crippen LogP contribution < -0.4 is 0 Å². The summed E-state index contributed by atoms with van der Waals surface area (Å²) in [7, 11) is 0. The molecule has 1 atom stereocenters. The molecule has 0 aliphatic carbocycles. The second-order valence-corrected chi connectivity index (χ2v) is 22.0. The van der Waals surface area contributed by atoms with Crippen LogP contribution in [0.15, 0.2) is 85.1 Å². The second kappa shape index (κ2) is 65.1. The van der Waals surface area contributed by atoms with Crippen molar-refractivity contribution in [3.05, 3.63) is 85.1 Å². The Morgan fingerprint density at radius 2 is 0.532 bits per heavy atom. The predicted molar refractivity (Wildman–Crippen MR) is 334 cm³/mol. The maximum absolute atomic E-state index is 12.9. The maximum atomic E-state index is 12.9. The van der Waals surface area contributed by atoms with E-state index in [1.807, 2.05) is 6.08 Å². The van der Waals surface area contributed by atoms with Crippen LogP contribution in [-0.4, -0.2) is 37.2 Å². The van der Waals surface area contributed by atoms with Crippen molar-refractivity contribution in [3.8, 4) is 0 Å². The molecule has 1 unspecified atom stereocenters. The Morgan fingerprint density at radius 1 is 0.273 bits per heavy atom. The van der Waals surface area contributed by atoms with Crippen molar-refractivity contribution in [2.75, 3.05) is 13.2 Å². The topological polar surface area (TPSA) is 78.9 Å². The molecule has 0 aromatic carbocycles. The smallest absolute Gasteiger partial charge is 0.306 e. The third kappa shape index (κ3) is 63.3. The summed E-state index contributed by atoms with van der Waals surface area (Å²) in [4.78, 5) is 38.3. The van der Waals surface area contributed by atoms with Gasteiger partial charge in [0.05, 0.1) is 0 Å². The molecule has 0 saturated carbocycles. The normalized spacial score (nSPS) is 12.6. The molecule has 444 valence electrons. The van der Waals surface area contributed by atoms with Gasteiger partial charge in [0.2, 0.25) is 0 Å². The van der Waals surface area contributed by atoms with Crippen LogP contribution in [0.3, 0.4) is 0 Å². The molecule has 0 aliphatic rings. The summed E-state index contributed by atoms with van der Waals surface area (Å²) >= 11 is 0. The van der Waals surface area contributed by atoms with E-state index in [0.717, 1.165) is 77.0 Å². The molecule has 0 aromatic heterocycles. The number of hydrogen-bond acceptors (Lipinski definition) is 6. The standard InChI is InChI=1S/C71H124O6/c1-4-7-10-13-16-19-22-25-27-29-31-32-33-34-35-36-37-38-40-41-43-46-49-52-55-58-61-64-70(73)76-67-68(66-75-69(72)63-60-57-54-51-48-45-24-21-18-15-12-9-6-3)77-71(74)65-62-59-56-53-50-47-44-42-39-30-28-26-23-20-17-14-11-8-5-2/h9,12,18,21-22,25,29,31,33-34,45,48,54,57,68H,4-8,10-11,13-17,19-20,23-24,26-28,30,32,35-44,46-47,49-53,55-56,58-67H2,1-3H3/b12-9-,21-18-,25-22-,31-29-,34-33-,48-45-,57-54-. The minimum atomic E-state index is -0.805. The highest BCUT2D eigenvalue weighted by atomic mass is 16.6. The number of rotatable bonds is 60. The van der Waals surface area contributed by atoms with Crippen LogP contribution in [0.1, 0.15) is 329 Å². The fourth-order valence-corrected chi connectivity index (χ4v) is 9.47. The van der Waals surface area contributed by atoms with Gasteiger partial charge >= 0.3 is 17.9 Å². The molecule has 0 heterocycles. The van der Waals surface area contributed by atoms with Crippen LogP contribution in [0.4, 0.5) is 0 Å². The van der Waals surface area contributed by atoms with Gasteiger partial charge in [-0.2, -0.15) is 0 Å². The highest BCUT2D eigenvalue weighted by molar-refractivity contribution is 5.71. The van der Waals surface area contributed by atoms with E-state index in [1.165, 1.54) is 205 Å². The lowest BCUT2D eigenvalue weighted by molar-refractivity contribution is -0.166. The summed E-state index contributed by atoms with van der Waals surface area (Å²) in [5, 5.41) is 0. The molecular weight excluding hydrogens is 949 g/mol. The molecule has 0 radical (unpaired) electrons. The van der Waals surface area contributed by atoms with Gasteiger partial charge < -0.3 is 14.2 Å². The highest BCUT2D eigenvalue weighted by Crippen LogP contribution is 2.17. The summed E-state index contributed by atoms with van der Waals surface area (Å²) in [6.07, 6.45) is 86.2. The van der Waals surface area contributed by atoms with Crippen molar-refractivity contribution >= 4 is 17.9 Å². The Bertz CT molecular complexity index is 1470. The highest BCUT2D eigenvalue weighted by Gasteiger charge is 2.19. The third-order valence-electron chi connectivity index (χ3n) is 14.4. The monoisotopic (exact) mass is 1070 g/mol. The summed E-state index contributed by atoms with van der Waals surface area (Å²) in [5.74, 6) is -0.968. The van der Waals surface area contributed by atoms with E-state index in [4.69, 9.17) is 14.2 Å². The van der Waals surface area contributed by atoms with E-state index in [2.05, 4.69) is 99.8 Å². The van der Waals surface area contributed by atoms with Crippen molar-refractivity contribution in [1.82, 2.24) is 0 Å². The molecular formula is C71H124O6. The van der Waals surface area contributed by atoms with Crippen molar-refractivity contribution < 1.29 is 28.6 Å². The lowest BCUT2D eigenvalue weighted by Crippen LogP contribution is -2.30. The Labute approximate surface area is 477 Å². The first-order chi connectivity index (χ1) is 38.0. The van der Waals surface area contributed by atoms with E-state index >= 15 is 0 Å². The number of hydrogen-bond donors (Lipinski definition) is 0. The zero-order valence-corrected chi connectivity index (χ0v) is 51.0. The number of allylic oxidation sites excluding steroid dienone is 14. The quantitative estimate of drug-likeness (QED) is 0.0261. The van der Waals surface area contributed by atoms with E-state index < -0.39 is 6.10 Å². The van der Waals surface area contributed by atoms with Crippen molar-refractivity contribution in [1.29, 1.82) is 0 Å². The van der Waals surface area contributed by atoms with E-state index in [1.54, 1.807) is 0 Å². The van der Waals surface area contributed by atoms with Gasteiger partial charge in [-0.15, -0.1) is 0 Å². The van der Waals surface area contributed by atoms with Gasteiger partial charge in [0, 0.05) is 19.3 Å². The fourth-order valence-electron chi connectivity index (χ4n) is 9.47. The van der Waals surface area contributed by atoms with E-state index in [9.17, 15) is 14.4 Å². The van der Waals surface area contributed by atoms with Crippen LogP contribution in [0.2, 0.25) is 0 Å². The molecule has 0 N–H and O–H groups in total. The van der Waals surface area contributed by atoms with Gasteiger partial charge in [-0.05, 0) is 83.5 Å². The zero-order valence-electron chi connectivity index (χ0n) is 51.0. The molecule has 0 saturated heterocycles. The molecule has 6 nitrogen and oxygen atoms in total. The van der Waals surface area contributed by atoms with Crippen LogP contribution in [0, 0.1) is 0 Å². The molecule has 0 spiro atoms. The average molecular weight is 1070 g/mol. The fraction of sp³-hybridized carbons (Fsp3) is 0.761. The Hall–Kier alpha value is -3.41. The van der Waals surface area contributed by atoms with Crippen LogP contribution in [0.5, 0.6) is 0 Å². The number of carbonyl (C=O) groups is 3. The van der Waals surface area contributed by atoms with Gasteiger partial charge in [0.1, 0.15) is 13.2 Å². The number of carbonyl (C=O) groups excluding carboxylic acids is 3. The first-order valence-electron chi connectivity index (χ1n) is 33.1. The first kappa shape index (κ1) is 73.6. The van der Waals surface area contributed by atoms with Crippen LogP contribution in [0.25, 0.3) is 0 Å². The summed E-state index contributed by atoms with van der Waals surface area (Å²) in [6.45, 7) is 6.49. The Kier molecular flexibility index (Phi) is 62.2. The third-order valence-corrected chi connectivity index (χ3v) is 14.4. The summed E-state index contributed by atoms with van der Waals surface area (Å²) in [6, 6.07) is 0. The van der Waals surface area contributed by atoms with Crippen molar-refractivity contribution in [2.24, 2.45) is 0 Å². The van der Waals surface area contributed by atoms with E-state index in [0.29, 0.717) is 19.3 Å². The predicted octanol–water partition coefficient (Wildman–Crippen LogP) is 22.7. The molecule has 6 heteroatoms. The molecule has 0 aromatic rings. The first-order valence-corrected chi connectivity index (χ1v) is 33.1. The number of unbranched alkanes of at least 4 members (excludes halogenated alkanes) is 35.